The highest BCUT2D eigenvalue weighted by Crippen LogP contribution is 2.22. The predicted molar refractivity (Wildman–Crippen MR) is 90.9 cm³/mol. The van der Waals surface area contributed by atoms with Crippen LogP contribution in [0.5, 0.6) is 5.75 Å². The molecule has 1 fully saturated rings. The van der Waals surface area contributed by atoms with Crippen LogP contribution >= 0.6 is 0 Å². The van der Waals surface area contributed by atoms with Crippen molar-refractivity contribution in [1.82, 2.24) is 14.9 Å². The zero-order chi connectivity index (χ0) is 16.4. The monoisotopic (exact) mass is 319 g/mol. The highest BCUT2D eigenvalue weighted by molar-refractivity contribution is 6.05. The molecule has 3 aromatic rings. The molecule has 0 bridgehead atoms. The van der Waals surface area contributed by atoms with Gasteiger partial charge in [0.2, 0.25) is 0 Å². The van der Waals surface area contributed by atoms with Crippen molar-refractivity contribution in [3.63, 3.8) is 0 Å². The van der Waals surface area contributed by atoms with Crippen molar-refractivity contribution in [2.45, 2.75) is 12.5 Å². The van der Waals surface area contributed by atoms with E-state index in [4.69, 9.17) is 4.74 Å². The zero-order valence-electron chi connectivity index (χ0n) is 13.1. The van der Waals surface area contributed by atoms with Gasteiger partial charge in [-0.3, -0.25) is 14.8 Å². The summed E-state index contributed by atoms with van der Waals surface area (Å²) in [5.41, 5.74) is 0.512. The van der Waals surface area contributed by atoms with Gasteiger partial charge in [0.25, 0.3) is 5.91 Å². The number of ether oxygens (including phenoxy) is 1. The molecule has 3 heterocycles. The summed E-state index contributed by atoms with van der Waals surface area (Å²) in [5.74, 6) is 0.750. The molecule has 24 heavy (non-hydrogen) atoms. The second-order valence-corrected chi connectivity index (χ2v) is 5.84. The van der Waals surface area contributed by atoms with E-state index in [-0.39, 0.29) is 12.0 Å². The largest absolute Gasteiger partial charge is 0.488 e. The number of rotatable bonds is 3. The van der Waals surface area contributed by atoms with Crippen molar-refractivity contribution < 1.29 is 9.53 Å². The van der Waals surface area contributed by atoms with Crippen LogP contribution in [0.3, 0.4) is 0 Å². The van der Waals surface area contributed by atoms with Gasteiger partial charge in [0.1, 0.15) is 17.5 Å². The first kappa shape index (κ1) is 14.6. The number of hydrogen-bond donors (Lipinski definition) is 0. The molecule has 1 aliphatic heterocycles. The highest BCUT2D eigenvalue weighted by atomic mass is 16.5. The number of carbonyl (C=O) groups excluding carboxylic acids is 1. The first-order chi connectivity index (χ1) is 11.8. The molecule has 0 saturated carbocycles. The van der Waals surface area contributed by atoms with E-state index in [1.54, 1.807) is 18.6 Å². The van der Waals surface area contributed by atoms with Crippen LogP contribution in [0.1, 0.15) is 16.9 Å². The maximum Gasteiger partial charge on any atom is 0.273 e. The Kier molecular flexibility index (Phi) is 3.83. The summed E-state index contributed by atoms with van der Waals surface area (Å²) in [6.45, 7) is 1.26. The van der Waals surface area contributed by atoms with Crippen molar-refractivity contribution >= 4 is 16.7 Å². The fourth-order valence-corrected chi connectivity index (χ4v) is 3.06. The molecule has 120 valence electrons. The first-order valence-electron chi connectivity index (χ1n) is 8.01. The Morgan fingerprint density at radius 1 is 1.08 bits per heavy atom. The average molecular weight is 319 g/mol. The van der Waals surface area contributed by atoms with Gasteiger partial charge in [-0.05, 0) is 23.6 Å². The van der Waals surface area contributed by atoms with Crippen LogP contribution in [0.2, 0.25) is 0 Å². The van der Waals surface area contributed by atoms with Gasteiger partial charge in [0.15, 0.2) is 0 Å². The summed E-state index contributed by atoms with van der Waals surface area (Å²) < 4.78 is 5.92. The Labute approximate surface area is 139 Å². The fraction of sp³-hybridized carbons (Fsp3) is 0.211. The number of pyridine rings is 2. The normalized spacial score (nSPS) is 17.2. The molecule has 0 spiro atoms. The van der Waals surface area contributed by atoms with Crippen LogP contribution in [0, 0.1) is 0 Å². The molecule has 1 saturated heterocycles. The van der Waals surface area contributed by atoms with Crippen molar-refractivity contribution in [3.8, 4) is 5.75 Å². The van der Waals surface area contributed by atoms with E-state index >= 15 is 0 Å². The Hall–Kier alpha value is -2.95. The van der Waals surface area contributed by atoms with Gasteiger partial charge >= 0.3 is 0 Å². The number of carbonyl (C=O) groups is 1. The summed E-state index contributed by atoms with van der Waals surface area (Å²) in [6, 6.07) is 13.4. The average Bonchev–Trinajstić information content (AvgIpc) is 3.10. The number of nitrogens with zero attached hydrogens (tertiary/aromatic N) is 3. The molecule has 1 aromatic carbocycles. The lowest BCUT2D eigenvalue weighted by atomic mass is 10.1. The summed E-state index contributed by atoms with van der Waals surface area (Å²) in [4.78, 5) is 23.0. The van der Waals surface area contributed by atoms with Gasteiger partial charge in [-0.15, -0.1) is 0 Å². The van der Waals surface area contributed by atoms with Gasteiger partial charge in [0, 0.05) is 36.9 Å². The third-order valence-corrected chi connectivity index (χ3v) is 4.26. The van der Waals surface area contributed by atoms with Crippen molar-refractivity contribution in [1.29, 1.82) is 0 Å². The molecule has 5 heteroatoms. The second-order valence-electron chi connectivity index (χ2n) is 5.84. The molecule has 4 rings (SSSR count). The molecule has 1 amide bonds. The lowest BCUT2D eigenvalue weighted by Crippen LogP contribution is -2.31. The van der Waals surface area contributed by atoms with Gasteiger partial charge in [-0.25, -0.2) is 0 Å². The number of benzene rings is 1. The fourth-order valence-electron chi connectivity index (χ4n) is 3.06. The minimum atomic E-state index is -0.0346. The third-order valence-electron chi connectivity index (χ3n) is 4.26. The van der Waals surface area contributed by atoms with E-state index in [9.17, 15) is 4.79 Å². The molecule has 2 aromatic heterocycles. The van der Waals surface area contributed by atoms with Crippen molar-refractivity contribution in [2.24, 2.45) is 0 Å². The van der Waals surface area contributed by atoms with Crippen LogP contribution in [0.4, 0.5) is 0 Å². The van der Waals surface area contributed by atoms with Crippen LogP contribution in [0.25, 0.3) is 10.8 Å². The van der Waals surface area contributed by atoms with Gasteiger partial charge < -0.3 is 9.64 Å². The van der Waals surface area contributed by atoms with E-state index in [2.05, 4.69) is 9.97 Å². The van der Waals surface area contributed by atoms with E-state index in [1.165, 1.54) is 0 Å². The lowest BCUT2D eigenvalue weighted by Gasteiger charge is -2.17. The van der Waals surface area contributed by atoms with Crippen LogP contribution in [-0.4, -0.2) is 40.0 Å². The topological polar surface area (TPSA) is 55.3 Å². The standard InChI is InChI=1S/C19H17N3O2/c23-19(18-17-4-2-1-3-14(17)5-11-21-18)22-12-8-16(13-22)24-15-6-9-20-10-7-15/h1-7,9-11,16H,8,12-13H2/t16-/m1/s1. The minimum absolute atomic E-state index is 0.00586. The van der Waals surface area contributed by atoms with E-state index in [0.717, 1.165) is 22.9 Å². The first-order valence-corrected chi connectivity index (χ1v) is 8.01. The van der Waals surface area contributed by atoms with Crippen LogP contribution < -0.4 is 4.74 Å². The second kappa shape index (κ2) is 6.28. The molecule has 1 atom stereocenters. The Morgan fingerprint density at radius 3 is 2.79 bits per heavy atom. The van der Waals surface area contributed by atoms with E-state index < -0.39 is 0 Å². The molecule has 0 radical (unpaired) electrons. The quantitative estimate of drug-likeness (QED) is 0.745. The molecule has 5 nitrogen and oxygen atoms in total. The maximum absolute atomic E-state index is 12.9. The lowest BCUT2D eigenvalue weighted by molar-refractivity contribution is 0.0769. The SMILES string of the molecule is O=C(c1nccc2ccccc12)N1CC[C@@H](Oc2ccncc2)C1. The van der Waals surface area contributed by atoms with E-state index in [1.807, 2.05) is 47.4 Å². The van der Waals surface area contributed by atoms with Crippen molar-refractivity contribution in [2.75, 3.05) is 13.1 Å². The zero-order valence-corrected chi connectivity index (χ0v) is 13.1. The van der Waals surface area contributed by atoms with Crippen LogP contribution in [0.15, 0.2) is 61.1 Å². The number of hydrogen-bond acceptors (Lipinski definition) is 4. The summed E-state index contributed by atoms with van der Waals surface area (Å²) in [6.07, 6.45) is 5.92. The third kappa shape index (κ3) is 2.80. The van der Waals surface area contributed by atoms with E-state index in [0.29, 0.717) is 18.8 Å². The molecular weight excluding hydrogens is 302 g/mol. The summed E-state index contributed by atoms with van der Waals surface area (Å²) >= 11 is 0. The molecule has 0 N–H and O–H groups in total. The molecule has 0 unspecified atom stereocenters. The Bertz CT molecular complexity index is 861. The number of aromatic nitrogens is 2. The summed E-state index contributed by atoms with van der Waals surface area (Å²) in [7, 11) is 0. The van der Waals surface area contributed by atoms with Gasteiger partial charge in [-0.1, -0.05) is 24.3 Å². The van der Waals surface area contributed by atoms with Crippen LogP contribution in [-0.2, 0) is 0 Å². The smallest absolute Gasteiger partial charge is 0.273 e. The predicted octanol–water partition coefficient (Wildman–Crippen LogP) is 2.92. The Balaban J connectivity index is 1.51. The Morgan fingerprint density at radius 2 is 1.92 bits per heavy atom. The molecule has 0 aliphatic carbocycles. The number of likely N-dealkylation sites (tertiary alicyclic amines) is 1. The van der Waals surface area contributed by atoms with Crippen molar-refractivity contribution in [3.05, 3.63) is 66.7 Å². The minimum Gasteiger partial charge on any atom is -0.488 e. The highest BCUT2D eigenvalue weighted by Gasteiger charge is 2.29. The number of fused-ring (bicyclic) bond motifs is 1. The summed E-state index contributed by atoms with van der Waals surface area (Å²) in [5, 5.41) is 1.92. The van der Waals surface area contributed by atoms with Gasteiger partial charge in [-0.2, -0.15) is 0 Å². The maximum atomic E-state index is 12.9. The van der Waals surface area contributed by atoms with Gasteiger partial charge in [0.05, 0.1) is 6.54 Å². The molecule has 1 aliphatic rings. The molecular formula is C19H17N3O2. The number of amides is 1.